The second-order valence-electron chi connectivity index (χ2n) is 5.34. The van der Waals surface area contributed by atoms with Crippen molar-refractivity contribution in [1.29, 1.82) is 0 Å². The zero-order valence-corrected chi connectivity index (χ0v) is 11.7. The molecule has 2 heterocycles. The van der Waals surface area contributed by atoms with Gasteiger partial charge in [0.2, 0.25) is 0 Å². The van der Waals surface area contributed by atoms with Crippen molar-refractivity contribution in [3.05, 3.63) is 0 Å². The summed E-state index contributed by atoms with van der Waals surface area (Å²) >= 11 is 0. The molecule has 0 spiro atoms. The number of nitrogens with one attached hydrogen (secondary N) is 1. The minimum Gasteiger partial charge on any atom is -0.378 e. The molecule has 2 rings (SSSR count). The Kier molecular flexibility index (Phi) is 6.41. The highest BCUT2D eigenvalue weighted by Crippen LogP contribution is 2.13. The lowest BCUT2D eigenvalue weighted by molar-refractivity contribution is 0.0144. The Bertz CT molecular complexity index is 212. The van der Waals surface area contributed by atoms with E-state index in [1.807, 2.05) is 0 Å². The van der Waals surface area contributed by atoms with Crippen LogP contribution in [0.4, 0.5) is 0 Å². The summed E-state index contributed by atoms with van der Waals surface area (Å²) in [5, 5.41) is 3.51. The van der Waals surface area contributed by atoms with Crippen LogP contribution in [0.25, 0.3) is 0 Å². The van der Waals surface area contributed by atoms with Crippen molar-refractivity contribution in [1.82, 2.24) is 10.2 Å². The van der Waals surface area contributed by atoms with Crippen LogP contribution in [-0.4, -0.2) is 63.0 Å². The standard InChI is InChI=1S/C14H28N2O2/c1-2-17-13-5-8-16(9-6-13)10-7-15-12-14-4-3-11-18-14/h13-15H,2-12H2,1H3. The average molecular weight is 256 g/mol. The predicted molar refractivity (Wildman–Crippen MR) is 72.9 cm³/mol. The molecule has 0 bridgehead atoms. The van der Waals surface area contributed by atoms with Crippen LogP contribution < -0.4 is 5.32 Å². The van der Waals surface area contributed by atoms with Crippen LogP contribution in [0.3, 0.4) is 0 Å². The van der Waals surface area contributed by atoms with E-state index in [1.165, 1.54) is 38.8 Å². The van der Waals surface area contributed by atoms with Gasteiger partial charge in [-0.1, -0.05) is 0 Å². The van der Waals surface area contributed by atoms with Gasteiger partial charge in [0.1, 0.15) is 0 Å². The van der Waals surface area contributed by atoms with Gasteiger partial charge >= 0.3 is 0 Å². The first-order valence-electron chi connectivity index (χ1n) is 7.54. The van der Waals surface area contributed by atoms with Gasteiger partial charge in [0.05, 0.1) is 12.2 Å². The molecule has 0 aromatic rings. The van der Waals surface area contributed by atoms with Gasteiger partial charge in [-0.25, -0.2) is 0 Å². The van der Waals surface area contributed by atoms with E-state index in [0.29, 0.717) is 12.2 Å². The Balaban J connectivity index is 1.47. The predicted octanol–water partition coefficient (Wildman–Crippen LogP) is 1.26. The van der Waals surface area contributed by atoms with Crippen molar-refractivity contribution in [2.75, 3.05) is 45.9 Å². The van der Waals surface area contributed by atoms with Crippen LogP contribution in [0.5, 0.6) is 0 Å². The summed E-state index contributed by atoms with van der Waals surface area (Å²) < 4.78 is 11.3. The topological polar surface area (TPSA) is 33.7 Å². The summed E-state index contributed by atoms with van der Waals surface area (Å²) in [6.45, 7) is 9.53. The van der Waals surface area contributed by atoms with Gasteiger partial charge in [-0.15, -0.1) is 0 Å². The molecular formula is C14H28N2O2. The number of hydrogen-bond donors (Lipinski definition) is 1. The Morgan fingerprint density at radius 3 is 2.78 bits per heavy atom. The van der Waals surface area contributed by atoms with Gasteiger partial charge in [0.25, 0.3) is 0 Å². The van der Waals surface area contributed by atoms with Crippen LogP contribution in [0.15, 0.2) is 0 Å². The molecule has 4 heteroatoms. The molecule has 0 amide bonds. The lowest BCUT2D eigenvalue weighted by Crippen LogP contribution is -2.41. The highest BCUT2D eigenvalue weighted by atomic mass is 16.5. The first kappa shape index (κ1) is 14.3. The molecule has 2 fully saturated rings. The maximum absolute atomic E-state index is 5.67. The largest absolute Gasteiger partial charge is 0.378 e. The van der Waals surface area contributed by atoms with Crippen molar-refractivity contribution in [2.24, 2.45) is 0 Å². The van der Waals surface area contributed by atoms with E-state index < -0.39 is 0 Å². The van der Waals surface area contributed by atoms with Crippen molar-refractivity contribution >= 4 is 0 Å². The summed E-state index contributed by atoms with van der Waals surface area (Å²) in [6.07, 6.45) is 5.82. The van der Waals surface area contributed by atoms with Gasteiger partial charge in [0.15, 0.2) is 0 Å². The van der Waals surface area contributed by atoms with E-state index in [9.17, 15) is 0 Å². The Labute approximate surface area is 111 Å². The number of likely N-dealkylation sites (tertiary alicyclic amines) is 1. The molecule has 2 aliphatic heterocycles. The molecule has 18 heavy (non-hydrogen) atoms. The summed E-state index contributed by atoms with van der Waals surface area (Å²) in [6, 6.07) is 0. The third kappa shape index (κ3) is 4.84. The average Bonchev–Trinajstić information content (AvgIpc) is 2.90. The van der Waals surface area contributed by atoms with Crippen molar-refractivity contribution < 1.29 is 9.47 Å². The fourth-order valence-corrected chi connectivity index (χ4v) is 2.84. The van der Waals surface area contributed by atoms with Crippen LogP contribution >= 0.6 is 0 Å². The van der Waals surface area contributed by atoms with E-state index in [2.05, 4.69) is 17.1 Å². The minimum absolute atomic E-state index is 0.466. The Hall–Kier alpha value is -0.160. The maximum Gasteiger partial charge on any atom is 0.0700 e. The molecule has 2 aliphatic rings. The first-order valence-corrected chi connectivity index (χ1v) is 7.54. The fraction of sp³-hybridized carbons (Fsp3) is 1.00. The summed E-state index contributed by atoms with van der Waals surface area (Å²) in [5.74, 6) is 0. The molecule has 0 radical (unpaired) electrons. The van der Waals surface area contributed by atoms with Gasteiger partial charge < -0.3 is 19.7 Å². The molecule has 4 nitrogen and oxygen atoms in total. The molecule has 106 valence electrons. The molecular weight excluding hydrogens is 228 g/mol. The van der Waals surface area contributed by atoms with E-state index >= 15 is 0 Å². The second kappa shape index (κ2) is 8.10. The quantitative estimate of drug-likeness (QED) is 0.695. The number of hydrogen-bond acceptors (Lipinski definition) is 4. The third-order valence-electron chi connectivity index (χ3n) is 3.94. The molecule has 1 N–H and O–H groups in total. The van der Waals surface area contributed by atoms with Crippen molar-refractivity contribution in [3.8, 4) is 0 Å². The second-order valence-corrected chi connectivity index (χ2v) is 5.34. The first-order chi connectivity index (χ1) is 8.88. The molecule has 0 saturated carbocycles. The van der Waals surface area contributed by atoms with Gasteiger partial charge in [-0.2, -0.15) is 0 Å². The summed E-state index contributed by atoms with van der Waals surface area (Å²) in [5.41, 5.74) is 0. The molecule has 0 aliphatic carbocycles. The van der Waals surface area contributed by atoms with Gasteiger partial charge in [-0.05, 0) is 32.6 Å². The lowest BCUT2D eigenvalue weighted by atomic mass is 10.1. The summed E-state index contributed by atoms with van der Waals surface area (Å²) in [7, 11) is 0. The van der Waals surface area contributed by atoms with Crippen LogP contribution in [-0.2, 0) is 9.47 Å². The van der Waals surface area contributed by atoms with E-state index in [1.54, 1.807) is 0 Å². The zero-order chi connectivity index (χ0) is 12.6. The fourth-order valence-electron chi connectivity index (χ4n) is 2.84. The summed E-state index contributed by atoms with van der Waals surface area (Å²) in [4.78, 5) is 2.54. The number of piperidine rings is 1. The molecule has 1 unspecified atom stereocenters. The smallest absolute Gasteiger partial charge is 0.0700 e. The third-order valence-corrected chi connectivity index (χ3v) is 3.94. The molecule has 0 aromatic heterocycles. The maximum atomic E-state index is 5.67. The normalized spacial score (nSPS) is 26.8. The lowest BCUT2D eigenvalue weighted by Gasteiger charge is -2.31. The Morgan fingerprint density at radius 2 is 2.11 bits per heavy atom. The highest BCUT2D eigenvalue weighted by molar-refractivity contribution is 4.73. The number of rotatable bonds is 7. The van der Waals surface area contributed by atoms with Gasteiger partial charge in [-0.3, -0.25) is 0 Å². The highest BCUT2D eigenvalue weighted by Gasteiger charge is 2.19. The monoisotopic (exact) mass is 256 g/mol. The van der Waals surface area contributed by atoms with E-state index in [4.69, 9.17) is 9.47 Å². The van der Waals surface area contributed by atoms with Crippen LogP contribution in [0.2, 0.25) is 0 Å². The zero-order valence-electron chi connectivity index (χ0n) is 11.7. The van der Waals surface area contributed by atoms with E-state index in [0.717, 1.165) is 32.8 Å². The van der Waals surface area contributed by atoms with Gasteiger partial charge in [0, 0.05) is 45.9 Å². The minimum atomic E-state index is 0.466. The Morgan fingerprint density at radius 1 is 1.28 bits per heavy atom. The van der Waals surface area contributed by atoms with Crippen LogP contribution in [0, 0.1) is 0 Å². The molecule has 2 saturated heterocycles. The molecule has 0 aromatic carbocycles. The molecule has 1 atom stereocenters. The number of nitrogens with zero attached hydrogens (tertiary/aromatic N) is 1. The van der Waals surface area contributed by atoms with Crippen molar-refractivity contribution in [2.45, 2.75) is 44.8 Å². The van der Waals surface area contributed by atoms with E-state index in [-0.39, 0.29) is 0 Å². The van der Waals surface area contributed by atoms with Crippen LogP contribution in [0.1, 0.15) is 32.6 Å². The van der Waals surface area contributed by atoms with Crippen molar-refractivity contribution in [3.63, 3.8) is 0 Å². The SMILES string of the molecule is CCOC1CCN(CCNCC2CCCO2)CC1. The number of ether oxygens (including phenoxy) is 2.